The van der Waals surface area contributed by atoms with E-state index in [-0.39, 0.29) is 41.8 Å². The molecule has 1 aliphatic rings. The molecule has 0 bridgehead atoms. The van der Waals surface area contributed by atoms with E-state index in [0.29, 0.717) is 11.3 Å². The van der Waals surface area contributed by atoms with Gasteiger partial charge in [-0.3, -0.25) is 14.4 Å². The molecule has 0 atom stereocenters. The summed E-state index contributed by atoms with van der Waals surface area (Å²) in [5.41, 5.74) is 8.36. The molecule has 0 aromatic heterocycles. The molecule has 0 radical (unpaired) electrons. The van der Waals surface area contributed by atoms with Gasteiger partial charge in [0.2, 0.25) is 11.8 Å². The van der Waals surface area contributed by atoms with Gasteiger partial charge in [0.15, 0.2) is 0 Å². The van der Waals surface area contributed by atoms with Crippen LogP contribution in [0.15, 0.2) is 48.6 Å². The van der Waals surface area contributed by atoms with Gasteiger partial charge in [0.1, 0.15) is 5.75 Å². The van der Waals surface area contributed by atoms with Crippen molar-refractivity contribution in [2.24, 2.45) is 5.73 Å². The van der Waals surface area contributed by atoms with Crippen molar-refractivity contribution in [3.05, 3.63) is 59.7 Å². The molecule has 4 N–H and O–H groups in total. The van der Waals surface area contributed by atoms with E-state index in [4.69, 9.17) is 5.73 Å². The molecular formula is C20H19N3O4. The number of aromatic hydroxyl groups is 1. The predicted octanol–water partition coefficient (Wildman–Crippen LogP) is 2.01. The molecule has 138 valence electrons. The highest BCUT2D eigenvalue weighted by molar-refractivity contribution is 6.04. The third kappa shape index (κ3) is 3.52. The molecule has 0 aliphatic carbocycles. The van der Waals surface area contributed by atoms with Crippen LogP contribution in [-0.4, -0.2) is 34.3 Å². The number of benzene rings is 2. The number of nitrogens with zero attached hydrogens (tertiary/aromatic N) is 1. The summed E-state index contributed by atoms with van der Waals surface area (Å²) in [6.07, 6.45) is 0. The molecule has 0 saturated heterocycles. The largest absolute Gasteiger partial charge is 0.507 e. The number of phenolic OH excluding ortho intramolecular Hbond substituents is 1. The number of hydrogen-bond acceptors (Lipinski definition) is 4. The number of hydrogen-bond donors (Lipinski definition) is 3. The van der Waals surface area contributed by atoms with E-state index in [0.717, 1.165) is 11.1 Å². The zero-order chi connectivity index (χ0) is 19.7. The smallest absolute Gasteiger partial charge is 0.258 e. The highest BCUT2D eigenvalue weighted by atomic mass is 16.3. The van der Waals surface area contributed by atoms with Crippen LogP contribution in [0.1, 0.15) is 22.8 Å². The van der Waals surface area contributed by atoms with Crippen LogP contribution < -0.4 is 11.1 Å². The molecule has 3 amide bonds. The van der Waals surface area contributed by atoms with Crippen molar-refractivity contribution >= 4 is 23.4 Å². The lowest BCUT2D eigenvalue weighted by molar-refractivity contribution is -0.115. The SMILES string of the molecule is C=C(CN1Cc2c(-c3cccc(NC(C)=O)c3)ccc(O)c2C1=O)C(N)=O. The number of rotatable bonds is 5. The topological polar surface area (TPSA) is 113 Å². The Labute approximate surface area is 156 Å². The standard InChI is InChI=1S/C20H19N3O4/c1-11(19(21)26)9-23-10-16-15(6-7-17(25)18(16)20(23)27)13-4-3-5-14(8-13)22-12(2)24/h3-8,25H,1,9-10H2,2H3,(H2,21,26)(H,22,24). The third-order valence-corrected chi connectivity index (χ3v) is 4.37. The van der Waals surface area contributed by atoms with Gasteiger partial charge in [-0.05, 0) is 34.9 Å². The fourth-order valence-corrected chi connectivity index (χ4v) is 3.13. The average molecular weight is 365 g/mol. The Morgan fingerprint density at radius 3 is 2.70 bits per heavy atom. The summed E-state index contributed by atoms with van der Waals surface area (Å²) < 4.78 is 0. The Bertz CT molecular complexity index is 981. The Balaban J connectivity index is 2.01. The number of phenols is 1. The molecule has 27 heavy (non-hydrogen) atoms. The first-order valence-electron chi connectivity index (χ1n) is 8.27. The maximum Gasteiger partial charge on any atom is 0.258 e. The molecule has 7 nitrogen and oxygen atoms in total. The molecule has 2 aromatic carbocycles. The van der Waals surface area contributed by atoms with E-state index in [2.05, 4.69) is 11.9 Å². The summed E-state index contributed by atoms with van der Waals surface area (Å²) in [4.78, 5) is 36.6. The Morgan fingerprint density at radius 1 is 1.30 bits per heavy atom. The van der Waals surface area contributed by atoms with Gasteiger partial charge in [-0.15, -0.1) is 0 Å². The molecule has 0 unspecified atom stereocenters. The second-order valence-electron chi connectivity index (χ2n) is 6.38. The van der Waals surface area contributed by atoms with Crippen LogP contribution >= 0.6 is 0 Å². The van der Waals surface area contributed by atoms with Gasteiger partial charge in [-0.1, -0.05) is 24.8 Å². The molecule has 0 saturated carbocycles. The summed E-state index contributed by atoms with van der Waals surface area (Å²) in [6, 6.07) is 10.4. The van der Waals surface area contributed by atoms with Gasteiger partial charge in [0, 0.05) is 24.7 Å². The van der Waals surface area contributed by atoms with E-state index in [1.54, 1.807) is 24.3 Å². The van der Waals surface area contributed by atoms with Gasteiger partial charge in [0.25, 0.3) is 5.91 Å². The molecule has 1 heterocycles. The van der Waals surface area contributed by atoms with E-state index in [1.165, 1.54) is 17.9 Å². The van der Waals surface area contributed by atoms with Gasteiger partial charge in [-0.25, -0.2) is 0 Å². The monoisotopic (exact) mass is 365 g/mol. The summed E-state index contributed by atoms with van der Waals surface area (Å²) in [5, 5.41) is 12.9. The van der Waals surface area contributed by atoms with Gasteiger partial charge < -0.3 is 21.1 Å². The zero-order valence-corrected chi connectivity index (χ0v) is 14.8. The van der Waals surface area contributed by atoms with Crippen LogP contribution in [0.25, 0.3) is 11.1 Å². The van der Waals surface area contributed by atoms with Gasteiger partial charge in [-0.2, -0.15) is 0 Å². The molecular weight excluding hydrogens is 346 g/mol. The van der Waals surface area contributed by atoms with Crippen LogP contribution in [-0.2, 0) is 16.1 Å². The fourth-order valence-electron chi connectivity index (χ4n) is 3.13. The summed E-state index contributed by atoms with van der Waals surface area (Å²) in [7, 11) is 0. The summed E-state index contributed by atoms with van der Waals surface area (Å²) in [5.74, 6) is -1.37. The second kappa shape index (κ2) is 6.95. The third-order valence-electron chi connectivity index (χ3n) is 4.37. The van der Waals surface area contributed by atoms with Crippen LogP contribution in [0.4, 0.5) is 5.69 Å². The number of nitrogens with one attached hydrogen (secondary N) is 1. The Hall–Kier alpha value is -3.61. The second-order valence-corrected chi connectivity index (χ2v) is 6.38. The van der Waals surface area contributed by atoms with Crippen molar-refractivity contribution in [2.45, 2.75) is 13.5 Å². The fraction of sp³-hybridized carbons (Fsp3) is 0.150. The van der Waals surface area contributed by atoms with Crippen molar-refractivity contribution in [2.75, 3.05) is 11.9 Å². The predicted molar refractivity (Wildman–Crippen MR) is 101 cm³/mol. The van der Waals surface area contributed by atoms with Crippen molar-refractivity contribution < 1.29 is 19.5 Å². The van der Waals surface area contributed by atoms with E-state index < -0.39 is 5.91 Å². The van der Waals surface area contributed by atoms with E-state index >= 15 is 0 Å². The van der Waals surface area contributed by atoms with Gasteiger partial charge in [0.05, 0.1) is 12.1 Å². The minimum atomic E-state index is -0.675. The van der Waals surface area contributed by atoms with Crippen LogP contribution in [0, 0.1) is 0 Å². The average Bonchev–Trinajstić information content (AvgIpc) is 2.92. The van der Waals surface area contributed by atoms with Crippen LogP contribution in [0.3, 0.4) is 0 Å². The number of amides is 3. The van der Waals surface area contributed by atoms with E-state index in [9.17, 15) is 19.5 Å². The summed E-state index contributed by atoms with van der Waals surface area (Å²) in [6.45, 7) is 5.22. The lowest BCUT2D eigenvalue weighted by Crippen LogP contribution is -2.30. The zero-order valence-electron chi connectivity index (χ0n) is 14.8. The maximum atomic E-state index is 12.7. The van der Waals surface area contributed by atoms with Crippen molar-refractivity contribution in [1.29, 1.82) is 0 Å². The van der Waals surface area contributed by atoms with Crippen molar-refractivity contribution in [1.82, 2.24) is 4.90 Å². The molecule has 2 aromatic rings. The van der Waals surface area contributed by atoms with Crippen LogP contribution in [0.5, 0.6) is 5.75 Å². The first-order chi connectivity index (χ1) is 12.8. The molecule has 1 aliphatic heterocycles. The number of carbonyl (C=O) groups excluding carboxylic acids is 3. The number of anilines is 1. The minimum absolute atomic E-state index is 0.00629. The van der Waals surface area contributed by atoms with Crippen LogP contribution in [0.2, 0.25) is 0 Å². The Morgan fingerprint density at radius 2 is 2.04 bits per heavy atom. The molecule has 3 rings (SSSR count). The van der Waals surface area contributed by atoms with Crippen molar-refractivity contribution in [3.8, 4) is 16.9 Å². The number of primary amides is 1. The first-order valence-corrected chi connectivity index (χ1v) is 8.27. The highest BCUT2D eigenvalue weighted by Gasteiger charge is 2.33. The lowest BCUT2D eigenvalue weighted by atomic mass is 9.96. The van der Waals surface area contributed by atoms with Crippen molar-refractivity contribution in [3.63, 3.8) is 0 Å². The number of nitrogens with two attached hydrogens (primary N) is 1. The number of carbonyl (C=O) groups is 3. The Kier molecular flexibility index (Phi) is 4.68. The lowest BCUT2D eigenvalue weighted by Gasteiger charge is -2.15. The quantitative estimate of drug-likeness (QED) is 0.704. The summed E-state index contributed by atoms with van der Waals surface area (Å²) >= 11 is 0. The highest BCUT2D eigenvalue weighted by Crippen LogP contribution is 2.38. The molecule has 0 fully saturated rings. The first kappa shape index (κ1) is 18.2. The van der Waals surface area contributed by atoms with Gasteiger partial charge >= 0.3 is 0 Å². The normalized spacial score (nSPS) is 12.6. The van der Waals surface area contributed by atoms with E-state index in [1.807, 2.05) is 6.07 Å². The molecule has 0 spiro atoms. The maximum absolute atomic E-state index is 12.7. The minimum Gasteiger partial charge on any atom is -0.507 e. The molecule has 7 heteroatoms. The number of fused-ring (bicyclic) bond motifs is 1.